The van der Waals surface area contributed by atoms with Gasteiger partial charge in [-0.05, 0) is 49.5 Å². The van der Waals surface area contributed by atoms with E-state index in [4.69, 9.17) is 38.9 Å². The van der Waals surface area contributed by atoms with E-state index in [0.29, 0.717) is 103 Å². The van der Waals surface area contributed by atoms with E-state index in [9.17, 15) is 38.4 Å². The first-order valence-corrected chi connectivity index (χ1v) is 21.5. The second kappa shape index (κ2) is 36.8. The molecule has 65 heavy (non-hydrogen) atoms. The molecule has 2 unspecified atom stereocenters. The van der Waals surface area contributed by atoms with E-state index in [2.05, 4.69) is 21.3 Å². The molecule has 1 aromatic rings. The normalized spacial score (nSPS) is 12.0. The lowest BCUT2D eigenvalue weighted by atomic mass is 10.0. The van der Waals surface area contributed by atoms with Gasteiger partial charge in [-0.3, -0.25) is 24.0 Å². The van der Waals surface area contributed by atoms with E-state index >= 15 is 0 Å². The van der Waals surface area contributed by atoms with Gasteiger partial charge < -0.3 is 74.8 Å². The highest BCUT2D eigenvalue weighted by atomic mass is 16.6. The minimum atomic E-state index is -1.04. The molecule has 0 aliphatic heterocycles. The van der Waals surface area contributed by atoms with Gasteiger partial charge in [0.1, 0.15) is 31.3 Å². The van der Waals surface area contributed by atoms with E-state index in [0.717, 1.165) is 6.08 Å². The van der Waals surface area contributed by atoms with Crippen LogP contribution in [0.15, 0.2) is 36.4 Å². The van der Waals surface area contributed by atoms with E-state index in [-0.39, 0.29) is 64.2 Å². The van der Waals surface area contributed by atoms with Gasteiger partial charge in [-0.25, -0.2) is 9.59 Å². The lowest BCUT2D eigenvalue weighted by molar-refractivity contribution is -0.132. The molecule has 0 aliphatic carbocycles. The van der Waals surface area contributed by atoms with Crippen molar-refractivity contribution < 1.29 is 71.5 Å². The van der Waals surface area contributed by atoms with Crippen LogP contribution in [0.2, 0.25) is 0 Å². The van der Waals surface area contributed by atoms with Crippen molar-refractivity contribution >= 4 is 54.0 Å². The number of nitrogens with zero attached hydrogens (tertiary/aromatic N) is 2. The SMILES string of the molecule is CCN(CC=O)C(=O)OCc1ccc(NC(=O)C(CCCNC(N)=O)NC(=O)C(NC(=O)CCOCCOCCOCCOCCOCCOCCN(C)C(=O)/C=C\C=O)C(C)C)cc1. The van der Waals surface area contributed by atoms with E-state index in [1.807, 2.05) is 0 Å². The molecule has 0 saturated carbocycles. The molecule has 0 radical (unpaired) electrons. The lowest BCUT2D eigenvalue weighted by Gasteiger charge is -2.25. The topological polar surface area (TPSA) is 282 Å². The number of urea groups is 1. The van der Waals surface area contributed by atoms with Gasteiger partial charge in [0.2, 0.25) is 23.6 Å². The van der Waals surface area contributed by atoms with Crippen LogP contribution < -0.4 is 27.0 Å². The van der Waals surface area contributed by atoms with Gasteiger partial charge in [-0.15, -0.1) is 0 Å². The third-order valence-corrected chi connectivity index (χ3v) is 8.98. The van der Waals surface area contributed by atoms with Crippen molar-refractivity contribution in [2.24, 2.45) is 11.7 Å². The van der Waals surface area contributed by atoms with Gasteiger partial charge in [0, 0.05) is 44.9 Å². The Kier molecular flexibility index (Phi) is 32.5. The van der Waals surface area contributed by atoms with Crippen LogP contribution in [0.25, 0.3) is 0 Å². The van der Waals surface area contributed by atoms with Crippen LogP contribution in [0.4, 0.5) is 15.3 Å². The van der Waals surface area contributed by atoms with E-state index < -0.39 is 41.9 Å². The van der Waals surface area contributed by atoms with Crippen LogP contribution >= 0.6 is 0 Å². The number of hydrogen-bond donors (Lipinski definition) is 5. The Morgan fingerprint density at radius 2 is 1.31 bits per heavy atom. The number of primary amides is 1. The Labute approximate surface area is 380 Å². The zero-order chi connectivity index (χ0) is 48.1. The maximum Gasteiger partial charge on any atom is 0.410 e. The molecule has 0 spiro atoms. The zero-order valence-electron chi connectivity index (χ0n) is 38.1. The average Bonchev–Trinajstić information content (AvgIpc) is 3.28. The van der Waals surface area contributed by atoms with Crippen LogP contribution in [-0.4, -0.2) is 183 Å². The highest BCUT2D eigenvalue weighted by molar-refractivity contribution is 5.98. The second-order valence-electron chi connectivity index (χ2n) is 14.4. The summed E-state index contributed by atoms with van der Waals surface area (Å²) in [5, 5.41) is 10.7. The van der Waals surface area contributed by atoms with Gasteiger partial charge >= 0.3 is 12.1 Å². The molecular formula is C43H69N7O15. The molecule has 0 aromatic heterocycles. The molecule has 1 aromatic carbocycles. The highest BCUT2D eigenvalue weighted by Gasteiger charge is 2.29. The van der Waals surface area contributed by atoms with Crippen LogP contribution in [0.3, 0.4) is 0 Å². The molecule has 366 valence electrons. The highest BCUT2D eigenvalue weighted by Crippen LogP contribution is 2.13. The summed E-state index contributed by atoms with van der Waals surface area (Å²) in [7, 11) is 1.62. The first-order valence-electron chi connectivity index (χ1n) is 21.5. The number of benzene rings is 1. The molecule has 7 amide bonds. The number of carbonyl (C=O) groups excluding carboxylic acids is 8. The smallest absolute Gasteiger partial charge is 0.410 e. The number of likely N-dealkylation sites (N-methyl/N-ethyl adjacent to an activating group) is 2. The minimum absolute atomic E-state index is 0.0178. The fraction of sp³-hybridized carbons (Fsp3) is 0.628. The van der Waals surface area contributed by atoms with Crippen molar-refractivity contribution in [1.29, 1.82) is 0 Å². The number of anilines is 1. The Hall–Kier alpha value is -5.52. The number of ether oxygens (including phenoxy) is 7. The molecule has 2 atom stereocenters. The Morgan fingerprint density at radius 3 is 1.82 bits per heavy atom. The summed E-state index contributed by atoms with van der Waals surface area (Å²) in [6, 6.07) is 3.78. The molecule has 0 fully saturated rings. The molecule has 6 N–H and O–H groups in total. The van der Waals surface area contributed by atoms with Gasteiger partial charge in [0.05, 0.1) is 85.8 Å². The standard InChI is InChI=1S/C43H69N7O15/c1-5-50(16-19-52)43(58)65-32-34-10-12-35(13-11-34)46-40(55)36(8-6-15-45-42(44)57)47-41(56)39(33(2)3)48-37(53)14-20-59-22-24-61-26-28-63-30-31-64-29-27-62-25-23-60-21-17-49(4)38(54)9-7-18-51/h7,9-13,18-19,33,36,39H,5-6,8,14-17,20-32H2,1-4H3,(H,46,55)(H,47,56)(H,48,53)(H3,44,45,57)/b9-7-. The number of nitrogens with one attached hydrogen (secondary N) is 4. The monoisotopic (exact) mass is 923 g/mol. The van der Waals surface area contributed by atoms with Gasteiger partial charge in [-0.2, -0.15) is 0 Å². The third kappa shape index (κ3) is 28.8. The first-order chi connectivity index (χ1) is 31.3. The Morgan fingerprint density at radius 1 is 0.754 bits per heavy atom. The quantitative estimate of drug-likeness (QED) is 0.0344. The summed E-state index contributed by atoms with van der Waals surface area (Å²) in [5.41, 5.74) is 6.21. The van der Waals surface area contributed by atoms with E-state index in [1.54, 1.807) is 52.1 Å². The van der Waals surface area contributed by atoms with Crippen molar-refractivity contribution in [3.63, 3.8) is 0 Å². The molecule has 0 heterocycles. The fourth-order valence-corrected chi connectivity index (χ4v) is 5.33. The van der Waals surface area contributed by atoms with Gasteiger partial charge in [-0.1, -0.05) is 26.0 Å². The summed E-state index contributed by atoms with van der Waals surface area (Å²) in [4.78, 5) is 98.4. The number of hydrogen-bond acceptors (Lipinski definition) is 15. The summed E-state index contributed by atoms with van der Waals surface area (Å²) in [6.45, 7) is 9.95. The number of nitrogens with two attached hydrogens (primary N) is 1. The zero-order valence-corrected chi connectivity index (χ0v) is 38.1. The van der Waals surface area contributed by atoms with Gasteiger partial charge in [0.15, 0.2) is 0 Å². The Balaban J connectivity index is 2.33. The molecule has 0 aliphatic rings. The number of amides is 7. The minimum Gasteiger partial charge on any atom is -0.445 e. The molecular weight excluding hydrogens is 855 g/mol. The van der Waals surface area contributed by atoms with Crippen LogP contribution in [0.5, 0.6) is 0 Å². The fourth-order valence-electron chi connectivity index (χ4n) is 5.33. The molecule has 22 nitrogen and oxygen atoms in total. The van der Waals surface area contributed by atoms with Crippen molar-refractivity contribution in [3.05, 3.63) is 42.0 Å². The van der Waals surface area contributed by atoms with Crippen molar-refractivity contribution in [2.45, 2.75) is 58.7 Å². The largest absolute Gasteiger partial charge is 0.445 e. The molecule has 0 saturated heterocycles. The molecule has 0 bridgehead atoms. The van der Waals surface area contributed by atoms with Crippen molar-refractivity contribution in [1.82, 2.24) is 25.8 Å². The average molecular weight is 924 g/mol. The first kappa shape index (κ1) is 57.5. The number of aldehydes is 2. The predicted octanol–water partition coefficient (Wildman–Crippen LogP) is 0.560. The predicted molar refractivity (Wildman–Crippen MR) is 236 cm³/mol. The summed E-state index contributed by atoms with van der Waals surface area (Å²) in [5.74, 6) is -2.13. The van der Waals surface area contributed by atoms with Crippen molar-refractivity contribution in [3.8, 4) is 0 Å². The maximum atomic E-state index is 13.5. The molecule has 1 rings (SSSR count). The summed E-state index contributed by atoms with van der Waals surface area (Å²) >= 11 is 0. The summed E-state index contributed by atoms with van der Waals surface area (Å²) < 4.78 is 38.1. The number of rotatable bonds is 38. The number of carbonyl (C=O) groups is 8. The van der Waals surface area contributed by atoms with Crippen LogP contribution in [0, 0.1) is 5.92 Å². The maximum absolute atomic E-state index is 13.5. The lowest BCUT2D eigenvalue weighted by Crippen LogP contribution is -2.54. The van der Waals surface area contributed by atoms with Crippen LogP contribution in [-0.2, 0) is 68.5 Å². The van der Waals surface area contributed by atoms with Gasteiger partial charge in [0.25, 0.3) is 0 Å². The molecule has 22 heteroatoms. The van der Waals surface area contributed by atoms with Crippen molar-refractivity contribution in [2.75, 3.05) is 118 Å². The number of allylic oxidation sites excluding steroid dienone is 1. The van der Waals surface area contributed by atoms with E-state index in [1.165, 1.54) is 15.9 Å². The van der Waals surface area contributed by atoms with Crippen LogP contribution in [0.1, 0.15) is 45.6 Å². The Bertz CT molecular complexity index is 1580. The second-order valence-corrected chi connectivity index (χ2v) is 14.4. The third-order valence-electron chi connectivity index (χ3n) is 8.98. The summed E-state index contributed by atoms with van der Waals surface area (Å²) in [6.07, 6.45) is 3.29.